The van der Waals surface area contributed by atoms with Crippen LogP contribution in [-0.2, 0) is 9.84 Å². The van der Waals surface area contributed by atoms with Crippen LogP contribution in [0.25, 0.3) is 10.2 Å². The predicted molar refractivity (Wildman–Crippen MR) is 78.5 cm³/mol. The number of hydrogen-bond acceptors (Lipinski definition) is 7. The Hall–Kier alpha value is -1.74. The maximum atomic E-state index is 12.0. The standard InChI is InChI=1S/C11H14N4O3S2/c1-2-20(17,18)6-5-13-10(16)9-8(12)7-3-4-14-15-11(7)19-9/h3-4H,2,5-6,12H2,1H3,(H,13,16). The van der Waals surface area contributed by atoms with E-state index in [1.54, 1.807) is 13.0 Å². The molecule has 7 nitrogen and oxygen atoms in total. The molecule has 0 aliphatic heterocycles. The number of anilines is 1. The molecule has 3 N–H and O–H groups in total. The number of fused-ring (bicyclic) bond motifs is 1. The van der Waals surface area contributed by atoms with Crippen LogP contribution in [0.3, 0.4) is 0 Å². The average molecular weight is 314 g/mol. The molecule has 0 radical (unpaired) electrons. The molecule has 20 heavy (non-hydrogen) atoms. The third-order valence-corrected chi connectivity index (χ3v) is 5.58. The van der Waals surface area contributed by atoms with Gasteiger partial charge in [-0.25, -0.2) is 8.42 Å². The van der Waals surface area contributed by atoms with E-state index in [1.807, 2.05) is 0 Å². The minimum absolute atomic E-state index is 0.0590. The number of sulfone groups is 1. The van der Waals surface area contributed by atoms with Crippen LogP contribution >= 0.6 is 11.3 Å². The molecule has 0 atom stereocenters. The molecule has 0 saturated heterocycles. The van der Waals surface area contributed by atoms with Gasteiger partial charge in [-0.3, -0.25) is 4.79 Å². The first-order valence-electron chi connectivity index (χ1n) is 5.93. The van der Waals surface area contributed by atoms with Crippen molar-refractivity contribution in [3.05, 3.63) is 17.1 Å². The van der Waals surface area contributed by atoms with Gasteiger partial charge in [0.15, 0.2) is 9.84 Å². The lowest BCUT2D eigenvalue weighted by molar-refractivity contribution is 0.0961. The first kappa shape index (κ1) is 14.7. The molecule has 0 aromatic carbocycles. The number of carbonyl (C=O) groups excluding carboxylic acids is 1. The Balaban J connectivity index is 2.10. The number of aromatic nitrogens is 2. The molecule has 9 heteroatoms. The SMILES string of the molecule is CCS(=O)(=O)CCNC(=O)c1sc2nnccc2c1N. The molecule has 0 fully saturated rings. The quantitative estimate of drug-likeness (QED) is 0.827. The van der Waals surface area contributed by atoms with Crippen LogP contribution in [-0.4, -0.2) is 42.6 Å². The van der Waals surface area contributed by atoms with E-state index in [9.17, 15) is 13.2 Å². The monoisotopic (exact) mass is 314 g/mol. The number of nitrogens with zero attached hydrogens (tertiary/aromatic N) is 2. The number of amides is 1. The number of hydrogen-bond donors (Lipinski definition) is 2. The van der Waals surface area contributed by atoms with Crippen molar-refractivity contribution in [2.75, 3.05) is 23.8 Å². The topological polar surface area (TPSA) is 115 Å². The number of thiophene rings is 1. The summed E-state index contributed by atoms with van der Waals surface area (Å²) in [5, 5.41) is 10.8. The highest BCUT2D eigenvalue weighted by atomic mass is 32.2. The second-order valence-electron chi connectivity index (χ2n) is 4.09. The lowest BCUT2D eigenvalue weighted by atomic mass is 10.3. The van der Waals surface area contributed by atoms with E-state index >= 15 is 0 Å². The summed E-state index contributed by atoms with van der Waals surface area (Å²) in [6.07, 6.45) is 1.50. The highest BCUT2D eigenvalue weighted by Crippen LogP contribution is 2.31. The van der Waals surface area contributed by atoms with Crippen LogP contribution in [0, 0.1) is 0 Å². The maximum Gasteiger partial charge on any atom is 0.263 e. The van der Waals surface area contributed by atoms with Crippen LogP contribution in [0.4, 0.5) is 5.69 Å². The molecule has 1 amide bonds. The second kappa shape index (κ2) is 5.71. The van der Waals surface area contributed by atoms with E-state index in [2.05, 4.69) is 15.5 Å². The minimum Gasteiger partial charge on any atom is -0.397 e. The Morgan fingerprint density at radius 3 is 2.90 bits per heavy atom. The Kier molecular flexibility index (Phi) is 4.19. The van der Waals surface area contributed by atoms with Crippen molar-refractivity contribution >= 4 is 43.0 Å². The van der Waals surface area contributed by atoms with Crippen molar-refractivity contribution in [3.8, 4) is 0 Å². The van der Waals surface area contributed by atoms with Crippen molar-refractivity contribution in [1.29, 1.82) is 0 Å². The number of carbonyl (C=O) groups is 1. The van der Waals surface area contributed by atoms with Gasteiger partial charge in [-0.05, 0) is 6.07 Å². The van der Waals surface area contributed by atoms with Gasteiger partial charge in [0.05, 0.1) is 17.6 Å². The van der Waals surface area contributed by atoms with Gasteiger partial charge in [0.2, 0.25) is 0 Å². The summed E-state index contributed by atoms with van der Waals surface area (Å²) < 4.78 is 22.7. The Bertz CT molecular complexity index is 739. The molecule has 0 spiro atoms. The lowest BCUT2D eigenvalue weighted by Gasteiger charge is -2.04. The zero-order valence-corrected chi connectivity index (χ0v) is 12.4. The van der Waals surface area contributed by atoms with E-state index in [0.29, 0.717) is 20.8 Å². The first-order valence-corrected chi connectivity index (χ1v) is 8.56. The molecular weight excluding hydrogens is 300 g/mol. The van der Waals surface area contributed by atoms with Crippen molar-refractivity contribution in [1.82, 2.24) is 15.5 Å². The molecule has 2 heterocycles. The highest BCUT2D eigenvalue weighted by molar-refractivity contribution is 7.91. The second-order valence-corrected chi connectivity index (χ2v) is 7.56. The van der Waals surface area contributed by atoms with Crippen molar-refractivity contribution < 1.29 is 13.2 Å². The molecule has 2 rings (SSSR count). The Labute approximate surface area is 120 Å². The zero-order chi connectivity index (χ0) is 14.8. The third kappa shape index (κ3) is 3.05. The van der Waals surface area contributed by atoms with Gasteiger partial charge in [0.25, 0.3) is 5.91 Å². The summed E-state index contributed by atoms with van der Waals surface area (Å²) in [4.78, 5) is 12.9. The highest BCUT2D eigenvalue weighted by Gasteiger charge is 2.17. The largest absolute Gasteiger partial charge is 0.397 e. The van der Waals surface area contributed by atoms with Crippen LogP contribution in [0.15, 0.2) is 12.3 Å². The molecule has 2 aromatic rings. The lowest BCUT2D eigenvalue weighted by Crippen LogP contribution is -2.29. The van der Waals surface area contributed by atoms with Crippen LogP contribution in [0.5, 0.6) is 0 Å². The van der Waals surface area contributed by atoms with Crippen LogP contribution in [0.2, 0.25) is 0 Å². The van der Waals surface area contributed by atoms with E-state index in [-0.39, 0.29) is 18.1 Å². The van der Waals surface area contributed by atoms with Gasteiger partial charge in [0, 0.05) is 17.7 Å². The van der Waals surface area contributed by atoms with E-state index in [1.165, 1.54) is 6.20 Å². The summed E-state index contributed by atoms with van der Waals surface area (Å²) in [6, 6.07) is 1.69. The Morgan fingerprint density at radius 2 is 2.25 bits per heavy atom. The fourth-order valence-corrected chi connectivity index (χ4v) is 3.24. The maximum absolute atomic E-state index is 12.0. The van der Waals surface area contributed by atoms with Gasteiger partial charge in [0.1, 0.15) is 9.71 Å². The van der Waals surface area contributed by atoms with Gasteiger partial charge in [-0.1, -0.05) is 6.92 Å². The fourth-order valence-electron chi connectivity index (χ4n) is 1.59. The third-order valence-electron chi connectivity index (χ3n) is 2.77. The van der Waals surface area contributed by atoms with E-state index in [4.69, 9.17) is 5.73 Å². The molecule has 0 aliphatic rings. The minimum atomic E-state index is -3.10. The zero-order valence-electron chi connectivity index (χ0n) is 10.8. The number of nitrogens with one attached hydrogen (secondary N) is 1. The summed E-state index contributed by atoms with van der Waals surface area (Å²) in [5.74, 6) is -0.416. The molecule has 0 bridgehead atoms. The molecule has 2 aromatic heterocycles. The van der Waals surface area contributed by atoms with Crippen LogP contribution < -0.4 is 11.1 Å². The van der Waals surface area contributed by atoms with E-state index < -0.39 is 15.7 Å². The van der Waals surface area contributed by atoms with Gasteiger partial charge >= 0.3 is 0 Å². The molecular formula is C11H14N4O3S2. The summed E-state index contributed by atoms with van der Waals surface area (Å²) in [6.45, 7) is 1.63. The average Bonchev–Trinajstić information content (AvgIpc) is 2.76. The fraction of sp³-hybridized carbons (Fsp3) is 0.364. The van der Waals surface area contributed by atoms with Crippen LogP contribution in [0.1, 0.15) is 16.6 Å². The van der Waals surface area contributed by atoms with Crippen molar-refractivity contribution in [2.45, 2.75) is 6.92 Å². The molecule has 108 valence electrons. The summed E-state index contributed by atoms with van der Waals surface area (Å²) in [5.41, 5.74) is 6.23. The number of nitrogens with two attached hydrogens (primary N) is 1. The summed E-state index contributed by atoms with van der Waals surface area (Å²) >= 11 is 1.14. The Morgan fingerprint density at radius 1 is 1.50 bits per heavy atom. The summed E-state index contributed by atoms with van der Waals surface area (Å²) in [7, 11) is -3.10. The first-order chi connectivity index (χ1) is 9.44. The predicted octanol–water partition coefficient (Wildman–Crippen LogP) is 0.438. The molecule has 0 saturated carbocycles. The van der Waals surface area contributed by atoms with Gasteiger partial charge < -0.3 is 11.1 Å². The molecule has 0 aliphatic carbocycles. The van der Waals surface area contributed by atoms with Crippen molar-refractivity contribution in [3.63, 3.8) is 0 Å². The van der Waals surface area contributed by atoms with Crippen molar-refractivity contribution in [2.24, 2.45) is 0 Å². The smallest absolute Gasteiger partial charge is 0.263 e. The van der Waals surface area contributed by atoms with Gasteiger partial charge in [-0.15, -0.1) is 16.4 Å². The van der Waals surface area contributed by atoms with E-state index in [0.717, 1.165) is 11.3 Å². The normalized spacial score (nSPS) is 11.7. The molecule has 0 unspecified atom stereocenters. The number of rotatable bonds is 5. The number of nitrogen functional groups attached to an aromatic ring is 1. The van der Waals surface area contributed by atoms with Gasteiger partial charge in [-0.2, -0.15) is 5.10 Å².